The van der Waals surface area contributed by atoms with E-state index in [1.807, 2.05) is 0 Å². The number of rotatable bonds is 18. The standard InChI is InChI=1S/C41H40F3N7O10/c1-49-22-29-28-21-24(5-10-31(28)50(36(29)48-49)26-8-6-25(7-9-26)41(42,43)44)37(54)45-13-14-58-15-16-59-17-18-60-19-20-61-23-34(53)46-30-4-2-3-27-35(30)40(57)51(39(27)56)32-11-12-33(52)47-38(32)55/h2-10,21-22,32H,11-20,23H2,1H3,(H,45,54)(H,46,53)(H,47,52,55). The van der Waals surface area contributed by atoms with Crippen molar-refractivity contribution in [3.63, 3.8) is 0 Å². The van der Waals surface area contributed by atoms with Crippen molar-refractivity contribution < 1.29 is 60.9 Å². The maximum absolute atomic E-state index is 13.2. The molecule has 20 heteroatoms. The van der Waals surface area contributed by atoms with Crippen LogP contribution in [-0.2, 0) is 46.6 Å². The maximum Gasteiger partial charge on any atom is 0.416 e. The molecule has 61 heavy (non-hydrogen) atoms. The molecule has 0 aliphatic carbocycles. The van der Waals surface area contributed by atoms with Gasteiger partial charge in [0.05, 0.1) is 74.1 Å². The number of anilines is 1. The molecule has 3 aromatic carbocycles. The second-order valence-electron chi connectivity index (χ2n) is 14.0. The number of benzene rings is 3. The largest absolute Gasteiger partial charge is 0.416 e. The van der Waals surface area contributed by atoms with Crippen molar-refractivity contribution in [2.24, 2.45) is 7.05 Å². The number of nitrogens with zero attached hydrogens (tertiary/aromatic N) is 4. The van der Waals surface area contributed by atoms with Gasteiger partial charge in [-0.1, -0.05) is 6.07 Å². The molecule has 3 N–H and O–H groups in total. The van der Waals surface area contributed by atoms with Gasteiger partial charge in [-0.15, -0.1) is 0 Å². The van der Waals surface area contributed by atoms with Gasteiger partial charge >= 0.3 is 6.18 Å². The van der Waals surface area contributed by atoms with Crippen LogP contribution in [0.3, 0.4) is 0 Å². The zero-order valence-corrected chi connectivity index (χ0v) is 32.7. The second kappa shape index (κ2) is 18.4. The Bertz CT molecular complexity index is 2500. The Balaban J connectivity index is 0.752. The summed E-state index contributed by atoms with van der Waals surface area (Å²) in [5, 5.41) is 13.5. The van der Waals surface area contributed by atoms with Crippen molar-refractivity contribution >= 4 is 63.1 Å². The van der Waals surface area contributed by atoms with E-state index in [9.17, 15) is 41.9 Å². The van der Waals surface area contributed by atoms with Crippen LogP contribution in [0.15, 0.2) is 66.9 Å². The monoisotopic (exact) mass is 847 g/mol. The molecular formula is C41H40F3N7O10. The van der Waals surface area contributed by atoms with E-state index in [4.69, 9.17) is 18.9 Å². The molecule has 2 aromatic heterocycles. The molecule has 1 saturated heterocycles. The predicted octanol–water partition coefficient (Wildman–Crippen LogP) is 3.37. The summed E-state index contributed by atoms with van der Waals surface area (Å²) in [6.45, 7) is 1.46. The minimum absolute atomic E-state index is 0.0110. The first-order valence-electron chi connectivity index (χ1n) is 19.2. The highest BCUT2D eigenvalue weighted by atomic mass is 19.4. The van der Waals surface area contributed by atoms with Crippen LogP contribution in [0.4, 0.5) is 18.9 Å². The zero-order valence-electron chi connectivity index (χ0n) is 32.7. The Morgan fingerprint density at radius 3 is 2.23 bits per heavy atom. The lowest BCUT2D eigenvalue weighted by atomic mass is 10.0. The fourth-order valence-corrected chi connectivity index (χ4v) is 7.06. The number of piperidine rings is 1. The van der Waals surface area contributed by atoms with Gasteiger partial charge in [0.2, 0.25) is 17.7 Å². The number of fused-ring (bicyclic) bond motifs is 4. The molecule has 6 amide bonds. The Kier molecular flexibility index (Phi) is 12.9. The summed E-state index contributed by atoms with van der Waals surface area (Å²) in [5.74, 6) is -3.53. The minimum atomic E-state index is -4.46. The average Bonchev–Trinajstić information content (AvgIpc) is 3.83. The molecule has 2 aliphatic rings. The van der Waals surface area contributed by atoms with Crippen LogP contribution < -0.4 is 16.0 Å². The summed E-state index contributed by atoms with van der Waals surface area (Å²) in [5.41, 5.74) is 1.47. The van der Waals surface area contributed by atoms with Gasteiger partial charge in [0, 0.05) is 48.2 Å². The molecule has 5 aromatic rings. The SMILES string of the molecule is Cn1cc2c3cc(C(=O)NCCOCCOCCOCCOCC(=O)Nc4cccc5c4C(=O)N(C4CCC(=O)NC4=O)C5=O)ccc3n(-c3ccc(C(F)(F)F)cc3)c2n1. The number of alkyl halides is 3. The summed E-state index contributed by atoms with van der Waals surface area (Å²) >= 11 is 0. The van der Waals surface area contributed by atoms with E-state index in [0.717, 1.165) is 27.8 Å². The molecule has 17 nitrogen and oxygen atoms in total. The third-order valence-corrected chi connectivity index (χ3v) is 9.89. The van der Waals surface area contributed by atoms with Crippen molar-refractivity contribution in [3.05, 3.63) is 89.1 Å². The van der Waals surface area contributed by atoms with Crippen molar-refractivity contribution in [3.8, 4) is 5.69 Å². The van der Waals surface area contributed by atoms with Gasteiger partial charge in [-0.25, -0.2) is 0 Å². The molecular weight excluding hydrogens is 807 g/mol. The summed E-state index contributed by atoms with van der Waals surface area (Å²) in [6, 6.07) is 13.2. The van der Waals surface area contributed by atoms with Crippen LogP contribution in [-0.4, -0.2) is 120 Å². The molecule has 0 spiro atoms. The lowest BCUT2D eigenvalue weighted by Gasteiger charge is -2.27. The number of amides is 6. The van der Waals surface area contributed by atoms with E-state index in [-0.39, 0.29) is 95.0 Å². The number of imide groups is 2. The highest BCUT2D eigenvalue weighted by Crippen LogP contribution is 2.35. The lowest BCUT2D eigenvalue weighted by Crippen LogP contribution is -2.54. The Morgan fingerprint density at radius 2 is 1.54 bits per heavy atom. The van der Waals surface area contributed by atoms with Gasteiger partial charge in [-0.05, 0) is 61.0 Å². The highest BCUT2D eigenvalue weighted by Gasteiger charge is 2.45. The summed E-state index contributed by atoms with van der Waals surface area (Å²) in [4.78, 5) is 76.4. The number of hydrogen-bond acceptors (Lipinski definition) is 11. The molecule has 0 radical (unpaired) electrons. The topological polar surface area (TPSA) is 201 Å². The average molecular weight is 848 g/mol. The summed E-state index contributed by atoms with van der Waals surface area (Å²) in [7, 11) is 1.74. The van der Waals surface area contributed by atoms with E-state index in [2.05, 4.69) is 21.0 Å². The summed E-state index contributed by atoms with van der Waals surface area (Å²) < 4.78 is 64.7. The quantitative estimate of drug-likeness (QED) is 0.0863. The van der Waals surface area contributed by atoms with E-state index >= 15 is 0 Å². The number of carbonyl (C=O) groups excluding carboxylic acids is 6. The number of aromatic nitrogens is 3. The second-order valence-corrected chi connectivity index (χ2v) is 14.0. The number of ether oxygens (including phenoxy) is 4. The highest BCUT2D eigenvalue weighted by molar-refractivity contribution is 6.26. The fourth-order valence-electron chi connectivity index (χ4n) is 7.06. The molecule has 4 heterocycles. The molecule has 0 saturated carbocycles. The normalized spacial score (nSPS) is 15.5. The molecule has 1 fully saturated rings. The number of carbonyl (C=O) groups is 6. The van der Waals surface area contributed by atoms with Crippen LogP contribution >= 0.6 is 0 Å². The minimum Gasteiger partial charge on any atom is -0.377 e. The predicted molar refractivity (Wildman–Crippen MR) is 210 cm³/mol. The van der Waals surface area contributed by atoms with Crippen LogP contribution in [0, 0.1) is 0 Å². The Morgan fingerprint density at radius 1 is 0.852 bits per heavy atom. The van der Waals surface area contributed by atoms with Crippen LogP contribution in [0.1, 0.15) is 49.5 Å². The Labute approximate surface area is 345 Å². The first-order chi connectivity index (χ1) is 29.3. The zero-order chi connectivity index (χ0) is 43.3. The van der Waals surface area contributed by atoms with E-state index < -0.39 is 47.3 Å². The van der Waals surface area contributed by atoms with Crippen LogP contribution in [0.25, 0.3) is 27.6 Å². The smallest absolute Gasteiger partial charge is 0.377 e. The Hall–Kier alpha value is -6.48. The third kappa shape index (κ3) is 9.46. The number of aryl methyl sites for hydroxylation is 1. The molecule has 1 unspecified atom stereocenters. The first-order valence-corrected chi connectivity index (χ1v) is 19.2. The van der Waals surface area contributed by atoms with E-state index in [0.29, 0.717) is 22.4 Å². The maximum atomic E-state index is 13.2. The summed E-state index contributed by atoms with van der Waals surface area (Å²) in [6.07, 6.45) is -2.67. The number of nitrogens with one attached hydrogen (secondary N) is 3. The molecule has 1 atom stereocenters. The van der Waals surface area contributed by atoms with Gasteiger partial charge < -0.3 is 29.6 Å². The van der Waals surface area contributed by atoms with Crippen molar-refractivity contribution in [1.29, 1.82) is 0 Å². The molecule has 320 valence electrons. The number of hydrogen-bond donors (Lipinski definition) is 3. The number of halogens is 3. The van der Waals surface area contributed by atoms with Crippen molar-refractivity contribution in [2.45, 2.75) is 25.1 Å². The van der Waals surface area contributed by atoms with Crippen LogP contribution in [0.2, 0.25) is 0 Å². The van der Waals surface area contributed by atoms with Crippen molar-refractivity contribution in [1.82, 2.24) is 29.9 Å². The fraction of sp³-hybridized carbons (Fsp3) is 0.341. The van der Waals surface area contributed by atoms with Crippen LogP contribution in [0.5, 0.6) is 0 Å². The van der Waals surface area contributed by atoms with E-state index in [1.165, 1.54) is 30.3 Å². The van der Waals surface area contributed by atoms with Crippen molar-refractivity contribution in [2.75, 3.05) is 64.7 Å². The van der Waals surface area contributed by atoms with Gasteiger partial charge in [0.25, 0.3) is 17.7 Å². The van der Waals surface area contributed by atoms with E-state index in [1.54, 1.807) is 40.7 Å². The molecule has 0 bridgehead atoms. The van der Waals surface area contributed by atoms with Gasteiger partial charge in [-0.2, -0.15) is 18.3 Å². The first kappa shape index (κ1) is 42.6. The lowest BCUT2D eigenvalue weighted by molar-refractivity contribution is -0.138. The molecule has 7 rings (SSSR count). The third-order valence-electron chi connectivity index (χ3n) is 9.89. The molecule has 2 aliphatic heterocycles. The van der Waals surface area contributed by atoms with Gasteiger partial charge in [0.1, 0.15) is 12.6 Å². The van der Waals surface area contributed by atoms with Gasteiger partial charge in [-0.3, -0.25) is 48.2 Å². The van der Waals surface area contributed by atoms with Gasteiger partial charge in [0.15, 0.2) is 5.65 Å².